The first kappa shape index (κ1) is 23.9. The molecule has 0 aliphatic heterocycles. The summed E-state index contributed by atoms with van der Waals surface area (Å²) in [6.07, 6.45) is 5.78. The van der Waals surface area contributed by atoms with Crippen LogP contribution in [0.3, 0.4) is 0 Å². The van der Waals surface area contributed by atoms with Gasteiger partial charge in [-0.15, -0.1) is 10.2 Å². The zero-order chi connectivity index (χ0) is 24.9. The van der Waals surface area contributed by atoms with Crippen LogP contribution in [-0.2, 0) is 11.2 Å². The molecule has 0 aliphatic rings. The van der Waals surface area contributed by atoms with Crippen molar-refractivity contribution in [2.24, 2.45) is 0 Å². The van der Waals surface area contributed by atoms with E-state index in [1.54, 1.807) is 18.9 Å². The molecule has 1 amide bonds. The molecule has 7 nitrogen and oxygen atoms in total. The largest absolute Gasteiger partial charge is 0.497 e. The third-order valence-corrected chi connectivity index (χ3v) is 7.04. The Bertz CT molecular complexity index is 1470. The molecule has 184 valence electrons. The molecule has 0 unspecified atom stereocenters. The number of hydrogen-bond acceptors (Lipinski definition) is 5. The van der Waals surface area contributed by atoms with Crippen LogP contribution in [0.15, 0.2) is 72.9 Å². The van der Waals surface area contributed by atoms with Gasteiger partial charge in [0.1, 0.15) is 5.75 Å². The Morgan fingerprint density at radius 1 is 1.08 bits per heavy atom. The van der Waals surface area contributed by atoms with Gasteiger partial charge in [0.25, 0.3) is 0 Å². The predicted molar refractivity (Wildman–Crippen MR) is 145 cm³/mol. The number of H-pyrrole nitrogens is 1. The van der Waals surface area contributed by atoms with Gasteiger partial charge in [0.2, 0.25) is 5.91 Å². The van der Waals surface area contributed by atoms with Crippen molar-refractivity contribution in [3.63, 3.8) is 0 Å². The Hall–Kier alpha value is -3.78. The molecule has 3 heterocycles. The van der Waals surface area contributed by atoms with Gasteiger partial charge in [0.15, 0.2) is 11.5 Å². The monoisotopic (exact) mass is 499 g/mol. The smallest absolute Gasteiger partial charge is 0.220 e. The molecule has 0 fully saturated rings. The number of carbonyl (C=O) groups excluding carboxylic acids is 1. The standard InChI is InChI=1S/C28H29N5O2S/c1-35-20-12-10-19(11-13-20)27-22(21-7-3-4-8-23(21)30-27)14-15-26(34)29-24(16-18-36-2)28-32-31-25-9-5-6-17-33(25)28/h3-13,17,24,30H,14-16,18H2,1-2H3,(H,29,34)/t24-/m1/s1. The van der Waals surface area contributed by atoms with Crippen molar-refractivity contribution in [3.05, 3.63) is 84.3 Å². The Morgan fingerprint density at radius 2 is 1.89 bits per heavy atom. The number of ether oxygens (including phenoxy) is 1. The van der Waals surface area contributed by atoms with Crippen molar-refractivity contribution < 1.29 is 9.53 Å². The Balaban J connectivity index is 1.37. The number of nitrogens with one attached hydrogen (secondary N) is 2. The number of nitrogens with zero attached hydrogens (tertiary/aromatic N) is 3. The van der Waals surface area contributed by atoms with E-state index in [-0.39, 0.29) is 11.9 Å². The first-order valence-corrected chi connectivity index (χ1v) is 13.4. The fourth-order valence-corrected chi connectivity index (χ4v) is 5.04. The number of hydrogen-bond donors (Lipinski definition) is 2. The SMILES string of the molecule is COc1ccc(-c2[nH]c3ccccc3c2CCC(=O)N[C@H](CCSC)c2nnc3ccccn23)cc1. The third-order valence-electron chi connectivity index (χ3n) is 6.39. The van der Waals surface area contributed by atoms with Crippen molar-refractivity contribution >= 4 is 34.2 Å². The van der Waals surface area contributed by atoms with Gasteiger partial charge < -0.3 is 15.0 Å². The van der Waals surface area contributed by atoms with Crippen molar-refractivity contribution in [3.8, 4) is 17.0 Å². The van der Waals surface area contributed by atoms with Crippen LogP contribution >= 0.6 is 11.8 Å². The van der Waals surface area contributed by atoms with E-state index in [0.717, 1.165) is 57.1 Å². The molecule has 2 aromatic carbocycles. The molecule has 5 rings (SSSR count). The molecule has 0 bridgehead atoms. The lowest BCUT2D eigenvalue weighted by molar-refractivity contribution is -0.121. The van der Waals surface area contributed by atoms with Crippen LogP contribution in [0.2, 0.25) is 0 Å². The molecule has 1 atom stereocenters. The van der Waals surface area contributed by atoms with Crippen LogP contribution in [0, 0.1) is 0 Å². The highest BCUT2D eigenvalue weighted by Gasteiger charge is 2.21. The van der Waals surface area contributed by atoms with Gasteiger partial charge in [0.05, 0.1) is 13.2 Å². The number of rotatable bonds is 10. The number of carbonyl (C=O) groups is 1. The summed E-state index contributed by atoms with van der Waals surface area (Å²) in [6, 6.07) is 21.8. The van der Waals surface area contributed by atoms with Gasteiger partial charge >= 0.3 is 0 Å². The second-order valence-electron chi connectivity index (χ2n) is 8.64. The van der Waals surface area contributed by atoms with Crippen LogP contribution in [0.1, 0.15) is 30.3 Å². The van der Waals surface area contributed by atoms with E-state index in [9.17, 15) is 4.79 Å². The van der Waals surface area contributed by atoms with Crippen LogP contribution in [0.5, 0.6) is 5.75 Å². The number of pyridine rings is 1. The molecular weight excluding hydrogens is 470 g/mol. The molecule has 0 saturated carbocycles. The summed E-state index contributed by atoms with van der Waals surface area (Å²) in [4.78, 5) is 16.8. The Labute approximate surface area is 214 Å². The molecular formula is C28H29N5O2S. The van der Waals surface area contributed by atoms with Gasteiger partial charge in [-0.1, -0.05) is 24.3 Å². The first-order valence-electron chi connectivity index (χ1n) is 12.0. The van der Waals surface area contributed by atoms with E-state index in [4.69, 9.17) is 4.74 Å². The predicted octanol–water partition coefficient (Wildman–Crippen LogP) is 5.43. The van der Waals surface area contributed by atoms with E-state index in [2.05, 4.69) is 38.9 Å². The quantitative estimate of drug-likeness (QED) is 0.268. The molecule has 2 N–H and O–H groups in total. The average Bonchev–Trinajstić information content (AvgIpc) is 3.51. The second-order valence-corrected chi connectivity index (χ2v) is 9.63. The molecule has 0 radical (unpaired) electrons. The summed E-state index contributed by atoms with van der Waals surface area (Å²) in [7, 11) is 1.66. The van der Waals surface area contributed by atoms with Gasteiger partial charge in [-0.2, -0.15) is 11.8 Å². The summed E-state index contributed by atoms with van der Waals surface area (Å²) >= 11 is 1.75. The highest BCUT2D eigenvalue weighted by molar-refractivity contribution is 7.98. The normalized spacial score (nSPS) is 12.2. The van der Waals surface area contributed by atoms with Gasteiger partial charge in [-0.3, -0.25) is 9.20 Å². The van der Waals surface area contributed by atoms with Crippen molar-refractivity contribution in [2.75, 3.05) is 19.1 Å². The van der Waals surface area contributed by atoms with Gasteiger partial charge in [-0.25, -0.2) is 0 Å². The third kappa shape index (κ3) is 4.95. The minimum absolute atomic E-state index is 0.000235. The lowest BCUT2D eigenvalue weighted by atomic mass is 10.0. The average molecular weight is 500 g/mol. The number of methoxy groups -OCH3 is 1. The number of thioether (sulfide) groups is 1. The lowest BCUT2D eigenvalue weighted by Gasteiger charge is -2.17. The highest BCUT2D eigenvalue weighted by Crippen LogP contribution is 2.32. The summed E-state index contributed by atoms with van der Waals surface area (Å²) in [5, 5.41) is 13.0. The van der Waals surface area contributed by atoms with Crippen LogP contribution in [0.4, 0.5) is 0 Å². The van der Waals surface area contributed by atoms with Crippen LogP contribution in [-0.4, -0.2) is 44.6 Å². The maximum Gasteiger partial charge on any atom is 0.220 e. The zero-order valence-corrected chi connectivity index (χ0v) is 21.2. The fraction of sp³-hybridized carbons (Fsp3) is 0.250. The second kappa shape index (κ2) is 10.9. The number of aromatic amines is 1. The number of fused-ring (bicyclic) bond motifs is 2. The minimum Gasteiger partial charge on any atom is -0.497 e. The van der Waals surface area contributed by atoms with E-state index < -0.39 is 0 Å². The molecule has 0 saturated heterocycles. The first-order chi connectivity index (χ1) is 17.7. The van der Waals surface area contributed by atoms with Gasteiger partial charge in [0, 0.05) is 29.2 Å². The lowest BCUT2D eigenvalue weighted by Crippen LogP contribution is -2.30. The summed E-state index contributed by atoms with van der Waals surface area (Å²) in [5.74, 6) is 2.49. The molecule has 5 aromatic rings. The van der Waals surface area contributed by atoms with Crippen molar-refractivity contribution in [1.82, 2.24) is 24.9 Å². The highest BCUT2D eigenvalue weighted by atomic mass is 32.2. The van der Waals surface area contributed by atoms with Crippen molar-refractivity contribution in [1.29, 1.82) is 0 Å². The van der Waals surface area contributed by atoms with E-state index in [0.29, 0.717) is 12.8 Å². The summed E-state index contributed by atoms with van der Waals surface area (Å²) in [6.45, 7) is 0. The number of para-hydroxylation sites is 1. The van der Waals surface area contributed by atoms with E-state index in [1.807, 2.05) is 65.2 Å². The van der Waals surface area contributed by atoms with Crippen molar-refractivity contribution in [2.45, 2.75) is 25.3 Å². The summed E-state index contributed by atoms with van der Waals surface area (Å²) in [5.41, 5.74) is 5.08. The number of amides is 1. The van der Waals surface area contributed by atoms with Crippen LogP contribution < -0.4 is 10.1 Å². The summed E-state index contributed by atoms with van der Waals surface area (Å²) < 4.78 is 7.27. The topological polar surface area (TPSA) is 84.3 Å². The number of aryl methyl sites for hydroxylation is 1. The minimum atomic E-state index is -0.202. The van der Waals surface area contributed by atoms with Crippen LogP contribution in [0.25, 0.3) is 27.8 Å². The molecule has 3 aromatic heterocycles. The molecule has 0 aliphatic carbocycles. The van der Waals surface area contributed by atoms with E-state index >= 15 is 0 Å². The molecule has 0 spiro atoms. The maximum absolute atomic E-state index is 13.2. The molecule has 36 heavy (non-hydrogen) atoms. The Kier molecular flexibility index (Phi) is 7.23. The Morgan fingerprint density at radius 3 is 2.69 bits per heavy atom. The van der Waals surface area contributed by atoms with E-state index in [1.165, 1.54) is 0 Å². The molecule has 8 heteroatoms. The number of benzene rings is 2. The number of aromatic nitrogens is 4. The fourth-order valence-electron chi connectivity index (χ4n) is 4.57. The maximum atomic E-state index is 13.2. The van der Waals surface area contributed by atoms with Gasteiger partial charge in [-0.05, 0) is 78.4 Å². The zero-order valence-electron chi connectivity index (χ0n) is 20.4.